The maximum Gasteiger partial charge on any atom is 0.317 e. The molecule has 3 aliphatic rings. The summed E-state index contributed by atoms with van der Waals surface area (Å²) in [5.74, 6) is -0.341. The molecule has 0 amide bonds. The van der Waals surface area contributed by atoms with Gasteiger partial charge in [0.05, 0.1) is 17.8 Å². The normalized spacial score (nSPS) is 40.5. The largest absolute Gasteiger partial charge is 0.465 e. The lowest BCUT2D eigenvalue weighted by Crippen LogP contribution is -2.67. The van der Waals surface area contributed by atoms with Crippen LogP contribution in [0.15, 0.2) is 12.7 Å². The Hall–Kier alpha value is -1.36. The quantitative estimate of drug-likeness (QED) is 0.207. The number of fused-ring (bicyclic) bond motifs is 3. The van der Waals surface area contributed by atoms with E-state index in [1.807, 2.05) is 13.0 Å². The predicted octanol–water partition coefficient (Wildman–Crippen LogP) is 6.00. The molecule has 0 aromatic rings. The summed E-state index contributed by atoms with van der Waals surface area (Å²) in [5, 5.41) is 0. The second-order valence-corrected chi connectivity index (χ2v) is 11.8. The summed E-state index contributed by atoms with van der Waals surface area (Å²) in [6.07, 6.45) is 9.18. The van der Waals surface area contributed by atoms with Crippen LogP contribution in [-0.2, 0) is 23.8 Å². The van der Waals surface area contributed by atoms with Gasteiger partial charge in [-0.2, -0.15) is 0 Å². The summed E-state index contributed by atoms with van der Waals surface area (Å²) >= 11 is 0. The van der Waals surface area contributed by atoms with E-state index in [1.54, 1.807) is 0 Å². The first-order valence-corrected chi connectivity index (χ1v) is 12.6. The third-order valence-electron chi connectivity index (χ3n) is 8.76. The molecule has 1 aliphatic heterocycles. The third kappa shape index (κ3) is 4.78. The molecule has 0 spiro atoms. The van der Waals surface area contributed by atoms with Gasteiger partial charge in [-0.15, -0.1) is 6.58 Å². The van der Waals surface area contributed by atoms with E-state index in [4.69, 9.17) is 14.2 Å². The lowest BCUT2D eigenvalue weighted by molar-refractivity contribution is -0.279. The molecule has 0 aromatic heterocycles. The summed E-state index contributed by atoms with van der Waals surface area (Å²) in [4.78, 5) is 24.9. The number of hydrogen-bond donors (Lipinski definition) is 0. The first kappa shape index (κ1) is 25.3. The van der Waals surface area contributed by atoms with Crippen molar-refractivity contribution in [2.24, 2.45) is 22.7 Å². The zero-order valence-corrected chi connectivity index (χ0v) is 21.1. The molecule has 0 radical (unpaired) electrons. The van der Waals surface area contributed by atoms with E-state index < -0.39 is 17.5 Å². The van der Waals surface area contributed by atoms with Crippen LogP contribution in [0.2, 0.25) is 0 Å². The maximum absolute atomic E-state index is 12.8. The van der Waals surface area contributed by atoms with Crippen LogP contribution < -0.4 is 0 Å². The molecule has 0 aromatic carbocycles. The first-order valence-electron chi connectivity index (χ1n) is 12.6. The van der Waals surface area contributed by atoms with Crippen molar-refractivity contribution in [3.63, 3.8) is 0 Å². The molecule has 6 atom stereocenters. The molecule has 1 unspecified atom stereocenters. The number of hydrogen-bond acceptors (Lipinski definition) is 5. The fourth-order valence-corrected chi connectivity index (χ4v) is 7.53. The number of rotatable bonds is 7. The van der Waals surface area contributed by atoms with Crippen molar-refractivity contribution in [3.8, 4) is 0 Å². The second kappa shape index (κ2) is 9.12. The van der Waals surface area contributed by atoms with Crippen LogP contribution >= 0.6 is 0 Å². The standard InChI is InChI=1S/C27H44O5/c1-8-10-16-30-21(28)17-22(29)31-19-18-27(7)20(12-15-25(5,9-2)32-27)26(6)14-11-13-24(3,4)23(19)26/h9,19-20,23H,2,8,10-18H2,1,3-7H3/t19-,20?,23-,25-,26+,27+/m0/s1. The van der Waals surface area contributed by atoms with E-state index in [2.05, 4.69) is 41.2 Å². The first-order chi connectivity index (χ1) is 14.9. The van der Waals surface area contributed by atoms with Gasteiger partial charge in [0.25, 0.3) is 0 Å². The van der Waals surface area contributed by atoms with Crippen LogP contribution in [0.4, 0.5) is 0 Å². The fraction of sp³-hybridized carbons (Fsp3) is 0.852. The second-order valence-electron chi connectivity index (χ2n) is 11.8. The summed E-state index contributed by atoms with van der Waals surface area (Å²) in [7, 11) is 0. The van der Waals surface area contributed by atoms with Gasteiger partial charge in [0.1, 0.15) is 12.5 Å². The number of carbonyl (C=O) groups excluding carboxylic acids is 2. The summed E-state index contributed by atoms with van der Waals surface area (Å²) in [6.45, 7) is 17.7. The minimum absolute atomic E-state index is 0.0177. The van der Waals surface area contributed by atoms with Gasteiger partial charge in [-0.25, -0.2) is 0 Å². The van der Waals surface area contributed by atoms with Gasteiger partial charge in [0, 0.05) is 12.3 Å². The van der Waals surface area contributed by atoms with Crippen molar-refractivity contribution in [1.29, 1.82) is 0 Å². The molecule has 2 saturated carbocycles. The average molecular weight is 449 g/mol. The molecule has 182 valence electrons. The van der Waals surface area contributed by atoms with E-state index in [9.17, 15) is 9.59 Å². The molecule has 3 fully saturated rings. The summed E-state index contributed by atoms with van der Waals surface area (Å²) in [6, 6.07) is 0. The average Bonchev–Trinajstić information content (AvgIpc) is 2.66. The number of unbranched alkanes of at least 4 members (excludes halogenated alkanes) is 1. The third-order valence-corrected chi connectivity index (χ3v) is 8.76. The number of esters is 2. The Labute approximate surface area is 194 Å². The van der Waals surface area contributed by atoms with Crippen LogP contribution in [-0.4, -0.2) is 35.9 Å². The van der Waals surface area contributed by atoms with Crippen molar-refractivity contribution < 1.29 is 23.8 Å². The van der Waals surface area contributed by atoms with Gasteiger partial charge >= 0.3 is 11.9 Å². The Bertz CT molecular complexity index is 730. The molecular weight excluding hydrogens is 404 g/mol. The van der Waals surface area contributed by atoms with Crippen molar-refractivity contribution in [1.82, 2.24) is 0 Å². The fourth-order valence-electron chi connectivity index (χ4n) is 7.53. The molecule has 1 saturated heterocycles. The van der Waals surface area contributed by atoms with Crippen molar-refractivity contribution in [3.05, 3.63) is 12.7 Å². The minimum atomic E-state index is -0.498. The van der Waals surface area contributed by atoms with Crippen LogP contribution in [0.25, 0.3) is 0 Å². The van der Waals surface area contributed by atoms with Gasteiger partial charge in [-0.3, -0.25) is 9.59 Å². The SMILES string of the molecule is C=C[C@@]1(C)CCC2[C@@](C)(C[C@H](OC(=O)CC(=O)OCCCC)[C@H]3C(C)(C)CCC[C@]23C)O1. The minimum Gasteiger partial charge on any atom is -0.465 e. The lowest BCUT2D eigenvalue weighted by atomic mass is 9.43. The smallest absolute Gasteiger partial charge is 0.317 e. The number of ether oxygens (including phenoxy) is 3. The Kier molecular flexibility index (Phi) is 7.20. The van der Waals surface area contributed by atoms with Crippen molar-refractivity contribution in [2.45, 2.75) is 117 Å². The lowest BCUT2D eigenvalue weighted by Gasteiger charge is -2.66. The van der Waals surface area contributed by atoms with Crippen LogP contribution in [0.5, 0.6) is 0 Å². The molecule has 0 bridgehead atoms. The van der Waals surface area contributed by atoms with Crippen molar-refractivity contribution >= 4 is 11.9 Å². The summed E-state index contributed by atoms with van der Waals surface area (Å²) in [5.41, 5.74) is -0.688. The van der Waals surface area contributed by atoms with E-state index in [1.165, 1.54) is 6.42 Å². The monoisotopic (exact) mass is 448 g/mol. The molecule has 3 rings (SSSR count). The topological polar surface area (TPSA) is 61.8 Å². The van der Waals surface area contributed by atoms with Crippen LogP contribution in [0.1, 0.15) is 99.3 Å². The molecule has 2 aliphatic carbocycles. The molecule has 1 heterocycles. The highest BCUT2D eigenvalue weighted by molar-refractivity contribution is 5.91. The molecular formula is C27H44O5. The van der Waals surface area contributed by atoms with E-state index >= 15 is 0 Å². The highest BCUT2D eigenvalue weighted by atomic mass is 16.6. The van der Waals surface area contributed by atoms with Gasteiger partial charge in [-0.1, -0.05) is 46.6 Å². The van der Waals surface area contributed by atoms with E-state index in [0.29, 0.717) is 18.9 Å². The summed E-state index contributed by atoms with van der Waals surface area (Å²) < 4.78 is 18.0. The van der Waals surface area contributed by atoms with E-state index in [-0.39, 0.29) is 34.9 Å². The Balaban J connectivity index is 1.84. The van der Waals surface area contributed by atoms with Crippen LogP contribution in [0.3, 0.4) is 0 Å². The zero-order valence-electron chi connectivity index (χ0n) is 21.1. The Morgan fingerprint density at radius 3 is 2.47 bits per heavy atom. The molecule has 5 heteroatoms. The van der Waals surface area contributed by atoms with E-state index in [0.717, 1.165) is 38.5 Å². The maximum atomic E-state index is 12.8. The molecule has 32 heavy (non-hydrogen) atoms. The Morgan fingerprint density at radius 2 is 1.81 bits per heavy atom. The predicted molar refractivity (Wildman–Crippen MR) is 125 cm³/mol. The highest BCUT2D eigenvalue weighted by Crippen LogP contribution is 2.66. The van der Waals surface area contributed by atoms with Crippen molar-refractivity contribution in [2.75, 3.05) is 6.61 Å². The van der Waals surface area contributed by atoms with Gasteiger partial charge in [0.2, 0.25) is 0 Å². The molecule has 0 N–H and O–H groups in total. The zero-order chi connectivity index (χ0) is 23.8. The van der Waals surface area contributed by atoms with Gasteiger partial charge in [0.15, 0.2) is 0 Å². The van der Waals surface area contributed by atoms with Gasteiger partial charge in [-0.05, 0) is 62.7 Å². The van der Waals surface area contributed by atoms with Gasteiger partial charge < -0.3 is 14.2 Å². The Morgan fingerprint density at radius 1 is 1.09 bits per heavy atom. The molecule has 5 nitrogen and oxygen atoms in total. The highest BCUT2D eigenvalue weighted by Gasteiger charge is 2.65. The number of carbonyl (C=O) groups is 2. The van der Waals surface area contributed by atoms with Crippen LogP contribution in [0, 0.1) is 22.7 Å².